The van der Waals surface area contributed by atoms with Crippen molar-refractivity contribution in [1.82, 2.24) is 10.2 Å². The van der Waals surface area contributed by atoms with E-state index in [4.69, 9.17) is 10.5 Å². The van der Waals surface area contributed by atoms with E-state index in [-0.39, 0.29) is 5.91 Å². The summed E-state index contributed by atoms with van der Waals surface area (Å²) in [5.74, 6) is 1.05. The number of aromatic nitrogens is 2. The van der Waals surface area contributed by atoms with Gasteiger partial charge in [0.15, 0.2) is 5.82 Å². The molecule has 0 saturated heterocycles. The van der Waals surface area contributed by atoms with Gasteiger partial charge in [0.2, 0.25) is 0 Å². The third-order valence-electron chi connectivity index (χ3n) is 2.97. The Hall–Kier alpha value is -2.50. The fraction of sp³-hybridized carbons (Fsp3) is 0.286. The molecule has 0 aliphatic rings. The molecule has 0 unspecified atom stereocenters. The lowest BCUT2D eigenvalue weighted by atomic mass is 10.1. The van der Waals surface area contributed by atoms with Gasteiger partial charge in [-0.2, -0.15) is 5.10 Å². The number of ether oxygens (including phenoxy) is 1. The molecule has 0 aliphatic carbocycles. The van der Waals surface area contributed by atoms with Crippen LogP contribution in [-0.4, -0.2) is 23.2 Å². The number of H-pyrrole nitrogens is 1. The minimum absolute atomic E-state index is 0.315. The number of anilines is 2. The van der Waals surface area contributed by atoms with Crippen molar-refractivity contribution in [3.8, 4) is 5.75 Å². The molecule has 106 valence electrons. The van der Waals surface area contributed by atoms with Gasteiger partial charge in [-0.15, -0.1) is 0 Å². The Morgan fingerprint density at radius 2 is 2.15 bits per heavy atom. The first-order valence-corrected chi connectivity index (χ1v) is 6.31. The lowest BCUT2D eigenvalue weighted by molar-refractivity contribution is 0.102. The Kier molecular flexibility index (Phi) is 3.93. The van der Waals surface area contributed by atoms with Crippen LogP contribution in [-0.2, 0) is 0 Å². The molecule has 0 aliphatic heterocycles. The maximum atomic E-state index is 12.2. The zero-order valence-electron chi connectivity index (χ0n) is 11.7. The maximum Gasteiger partial charge on any atom is 0.259 e. The molecular formula is C14H18N4O2. The number of amides is 1. The lowest BCUT2D eigenvalue weighted by Crippen LogP contribution is -2.14. The molecule has 1 heterocycles. The first-order valence-electron chi connectivity index (χ1n) is 6.31. The summed E-state index contributed by atoms with van der Waals surface area (Å²) in [5.41, 5.74) is 7.52. The number of benzene rings is 1. The number of carbonyl (C=O) groups excluding carboxylic acids is 1. The smallest absolute Gasteiger partial charge is 0.259 e. The van der Waals surface area contributed by atoms with Crippen molar-refractivity contribution in [3.05, 3.63) is 35.5 Å². The van der Waals surface area contributed by atoms with Gasteiger partial charge >= 0.3 is 0 Å². The Morgan fingerprint density at radius 1 is 1.40 bits per heavy atom. The summed E-state index contributed by atoms with van der Waals surface area (Å²) in [6.07, 6.45) is 0. The summed E-state index contributed by atoms with van der Waals surface area (Å²) >= 11 is 0. The first kappa shape index (κ1) is 13.9. The topological polar surface area (TPSA) is 93.0 Å². The molecule has 4 N–H and O–H groups in total. The number of nitrogens with one attached hydrogen (secondary N) is 2. The van der Waals surface area contributed by atoms with Gasteiger partial charge in [0, 0.05) is 17.4 Å². The minimum atomic E-state index is -0.316. The molecule has 0 fully saturated rings. The van der Waals surface area contributed by atoms with Crippen LogP contribution in [0.15, 0.2) is 24.3 Å². The average Bonchev–Trinajstić information content (AvgIpc) is 2.88. The van der Waals surface area contributed by atoms with E-state index in [9.17, 15) is 4.79 Å². The number of rotatable bonds is 4. The van der Waals surface area contributed by atoms with Crippen LogP contribution in [0.3, 0.4) is 0 Å². The second-order valence-corrected chi connectivity index (χ2v) is 4.77. The molecule has 0 spiro atoms. The summed E-state index contributed by atoms with van der Waals surface area (Å²) in [5, 5.41) is 9.63. The second-order valence-electron chi connectivity index (χ2n) is 4.77. The van der Waals surface area contributed by atoms with Gasteiger partial charge in [-0.25, -0.2) is 0 Å². The number of hydrogen-bond acceptors (Lipinski definition) is 4. The average molecular weight is 274 g/mol. The van der Waals surface area contributed by atoms with Crippen LogP contribution < -0.4 is 15.8 Å². The van der Waals surface area contributed by atoms with Gasteiger partial charge in [0.1, 0.15) is 5.75 Å². The van der Waals surface area contributed by atoms with E-state index in [2.05, 4.69) is 15.5 Å². The number of nitrogens with zero attached hydrogens (tertiary/aromatic N) is 1. The van der Waals surface area contributed by atoms with E-state index in [1.54, 1.807) is 24.3 Å². The second kappa shape index (κ2) is 5.64. The van der Waals surface area contributed by atoms with E-state index >= 15 is 0 Å². The first-order chi connectivity index (χ1) is 9.51. The zero-order chi connectivity index (χ0) is 14.7. The SMILES string of the molecule is COc1ccc(N)c(C(=O)Nc2cc(C(C)C)[nH]n2)c1. The zero-order valence-corrected chi connectivity index (χ0v) is 11.7. The molecule has 1 aromatic carbocycles. The Balaban J connectivity index is 2.19. The van der Waals surface area contributed by atoms with Crippen LogP contribution in [0.25, 0.3) is 0 Å². The standard InChI is InChI=1S/C14H18N4O2/c1-8(2)12-7-13(18-17-12)16-14(19)10-6-9(20-3)4-5-11(10)15/h4-8H,15H2,1-3H3,(H2,16,17,18,19). The highest BCUT2D eigenvalue weighted by Gasteiger charge is 2.13. The number of methoxy groups -OCH3 is 1. The van der Waals surface area contributed by atoms with Crippen molar-refractivity contribution >= 4 is 17.4 Å². The van der Waals surface area contributed by atoms with Crippen LogP contribution in [0.5, 0.6) is 5.75 Å². The summed E-state index contributed by atoms with van der Waals surface area (Å²) in [6.45, 7) is 4.08. The summed E-state index contributed by atoms with van der Waals surface area (Å²) in [7, 11) is 1.54. The summed E-state index contributed by atoms with van der Waals surface area (Å²) in [4.78, 5) is 12.2. The van der Waals surface area contributed by atoms with E-state index in [1.807, 2.05) is 13.8 Å². The molecule has 0 atom stereocenters. The highest BCUT2D eigenvalue weighted by Crippen LogP contribution is 2.21. The predicted molar refractivity (Wildman–Crippen MR) is 78.0 cm³/mol. The number of aromatic amines is 1. The van der Waals surface area contributed by atoms with Crippen LogP contribution in [0.1, 0.15) is 35.8 Å². The predicted octanol–water partition coefficient (Wildman–Crippen LogP) is 2.38. The number of carbonyl (C=O) groups is 1. The highest BCUT2D eigenvalue weighted by molar-refractivity contribution is 6.07. The van der Waals surface area contributed by atoms with E-state index in [1.165, 1.54) is 7.11 Å². The fourth-order valence-electron chi connectivity index (χ4n) is 1.74. The van der Waals surface area contributed by atoms with Gasteiger partial charge in [0.05, 0.1) is 12.7 Å². The molecule has 1 amide bonds. The quantitative estimate of drug-likeness (QED) is 0.746. The molecular weight excluding hydrogens is 256 g/mol. The van der Waals surface area contributed by atoms with Gasteiger partial charge < -0.3 is 15.8 Å². The third kappa shape index (κ3) is 2.90. The molecule has 0 bridgehead atoms. The van der Waals surface area contributed by atoms with Gasteiger partial charge in [-0.05, 0) is 24.1 Å². The molecule has 6 heteroatoms. The fourth-order valence-corrected chi connectivity index (χ4v) is 1.74. The Morgan fingerprint density at radius 3 is 2.75 bits per heavy atom. The summed E-state index contributed by atoms with van der Waals surface area (Å²) in [6, 6.07) is 6.75. The Labute approximate surface area is 117 Å². The normalized spacial score (nSPS) is 10.6. The van der Waals surface area contributed by atoms with E-state index in [0.717, 1.165) is 5.69 Å². The third-order valence-corrected chi connectivity index (χ3v) is 2.97. The number of hydrogen-bond donors (Lipinski definition) is 3. The summed E-state index contributed by atoms with van der Waals surface area (Å²) < 4.78 is 5.09. The molecule has 6 nitrogen and oxygen atoms in total. The van der Waals surface area contributed by atoms with Crippen molar-refractivity contribution in [2.24, 2.45) is 0 Å². The van der Waals surface area contributed by atoms with E-state index in [0.29, 0.717) is 28.7 Å². The van der Waals surface area contributed by atoms with Crippen LogP contribution >= 0.6 is 0 Å². The largest absolute Gasteiger partial charge is 0.497 e. The van der Waals surface area contributed by atoms with Crippen LogP contribution in [0, 0.1) is 0 Å². The Bertz CT molecular complexity index is 619. The van der Waals surface area contributed by atoms with Crippen molar-refractivity contribution in [2.45, 2.75) is 19.8 Å². The van der Waals surface area contributed by atoms with Gasteiger partial charge in [-0.3, -0.25) is 9.89 Å². The van der Waals surface area contributed by atoms with E-state index < -0.39 is 0 Å². The van der Waals surface area contributed by atoms with Gasteiger partial charge in [0.25, 0.3) is 5.91 Å². The monoisotopic (exact) mass is 274 g/mol. The molecule has 2 aromatic rings. The van der Waals surface area contributed by atoms with Crippen LogP contribution in [0.2, 0.25) is 0 Å². The molecule has 0 radical (unpaired) electrons. The van der Waals surface area contributed by atoms with Crippen molar-refractivity contribution < 1.29 is 9.53 Å². The van der Waals surface area contributed by atoms with Crippen LogP contribution in [0.4, 0.5) is 11.5 Å². The van der Waals surface area contributed by atoms with Crippen molar-refractivity contribution in [2.75, 3.05) is 18.2 Å². The number of nitrogen functional groups attached to an aromatic ring is 1. The molecule has 0 saturated carbocycles. The van der Waals surface area contributed by atoms with Crippen molar-refractivity contribution in [3.63, 3.8) is 0 Å². The number of nitrogens with two attached hydrogens (primary N) is 1. The molecule has 1 aromatic heterocycles. The highest BCUT2D eigenvalue weighted by atomic mass is 16.5. The lowest BCUT2D eigenvalue weighted by Gasteiger charge is -2.07. The molecule has 2 rings (SSSR count). The maximum absolute atomic E-state index is 12.2. The molecule has 20 heavy (non-hydrogen) atoms. The van der Waals surface area contributed by atoms with Crippen molar-refractivity contribution in [1.29, 1.82) is 0 Å². The van der Waals surface area contributed by atoms with Gasteiger partial charge in [-0.1, -0.05) is 13.8 Å². The minimum Gasteiger partial charge on any atom is -0.497 e.